The largest absolute Gasteiger partial charge is 0.325 e. The lowest BCUT2D eigenvalue weighted by molar-refractivity contribution is -0.110. The fourth-order valence-electron chi connectivity index (χ4n) is 1.61. The van der Waals surface area contributed by atoms with Gasteiger partial charge in [0.05, 0.1) is 6.61 Å². The molecule has 20 heavy (non-hydrogen) atoms. The Morgan fingerprint density at radius 2 is 2.15 bits per heavy atom. The highest BCUT2D eigenvalue weighted by Crippen LogP contribution is 2.37. The van der Waals surface area contributed by atoms with Crippen LogP contribution in [0.2, 0.25) is 0 Å². The van der Waals surface area contributed by atoms with E-state index in [1.807, 2.05) is 25.1 Å². The summed E-state index contributed by atoms with van der Waals surface area (Å²) in [4.78, 5) is 20.6. The average molecular weight is 294 g/mol. The number of ketones is 1. The number of hydrogen-bond acceptors (Lipinski definition) is 3. The fraction of sp³-hybridized carbons (Fsp3) is 0.267. The lowest BCUT2D eigenvalue weighted by Gasteiger charge is -2.08. The quantitative estimate of drug-likeness (QED) is 0.643. The summed E-state index contributed by atoms with van der Waals surface area (Å²) in [7, 11) is -3.48. The Bertz CT molecular complexity index is 581. The van der Waals surface area contributed by atoms with Gasteiger partial charge in [-0.15, -0.1) is 0 Å². The van der Waals surface area contributed by atoms with Crippen molar-refractivity contribution in [1.29, 1.82) is 0 Å². The van der Waals surface area contributed by atoms with Gasteiger partial charge in [0, 0.05) is 6.66 Å². The van der Waals surface area contributed by atoms with Crippen LogP contribution in [-0.4, -0.2) is 17.3 Å². The van der Waals surface area contributed by atoms with Gasteiger partial charge in [0.25, 0.3) is 0 Å². The topological polar surface area (TPSA) is 63.6 Å². The normalized spacial score (nSPS) is 15.3. The molecule has 0 saturated heterocycles. The number of benzene rings is 1. The molecule has 1 atom stereocenters. The first-order valence-corrected chi connectivity index (χ1v) is 8.23. The van der Waals surface area contributed by atoms with E-state index in [9.17, 15) is 9.36 Å². The SMILES string of the molecule is C/C=C\C(=O)/C=C(\C)c1cccc(COP(C)(=O)O)c1. The maximum absolute atomic E-state index is 11.5. The standard InChI is InChI=1S/C15H19O4P/c1-4-6-15(16)9-12(2)14-8-5-7-13(10-14)11-19-20(3,17)18/h4-10H,11H2,1-3H3,(H,17,18)/b6-4-,12-9+. The van der Waals surface area contributed by atoms with Crippen LogP contribution in [0.4, 0.5) is 0 Å². The zero-order valence-electron chi connectivity index (χ0n) is 11.9. The molecule has 0 aliphatic carbocycles. The summed E-state index contributed by atoms with van der Waals surface area (Å²) in [5.74, 6) is -0.0694. The fourth-order valence-corrected chi connectivity index (χ4v) is 2.00. The van der Waals surface area contributed by atoms with Crippen molar-refractivity contribution in [3.63, 3.8) is 0 Å². The number of allylic oxidation sites excluding steroid dienone is 4. The Kier molecular flexibility index (Phi) is 6.08. The minimum atomic E-state index is -3.48. The van der Waals surface area contributed by atoms with Gasteiger partial charge in [-0.05, 0) is 48.8 Å². The van der Waals surface area contributed by atoms with Crippen molar-refractivity contribution in [3.8, 4) is 0 Å². The van der Waals surface area contributed by atoms with Crippen LogP contribution in [0.3, 0.4) is 0 Å². The molecule has 0 radical (unpaired) electrons. The molecule has 5 heteroatoms. The summed E-state index contributed by atoms with van der Waals surface area (Å²) in [5.41, 5.74) is 2.50. The lowest BCUT2D eigenvalue weighted by atomic mass is 10.0. The Balaban J connectivity index is 2.87. The maximum atomic E-state index is 11.5. The molecule has 4 nitrogen and oxygen atoms in total. The molecule has 0 saturated carbocycles. The molecule has 0 aromatic heterocycles. The Hall–Kier alpha value is -1.48. The molecule has 0 bridgehead atoms. The van der Waals surface area contributed by atoms with Crippen molar-refractivity contribution in [2.75, 3.05) is 6.66 Å². The Labute approximate surface area is 119 Å². The second-order valence-electron chi connectivity index (χ2n) is 4.51. The van der Waals surface area contributed by atoms with E-state index in [-0.39, 0.29) is 12.4 Å². The summed E-state index contributed by atoms with van der Waals surface area (Å²) in [5, 5.41) is 0. The molecule has 0 heterocycles. The molecule has 0 spiro atoms. The number of rotatable bonds is 6. The summed E-state index contributed by atoms with van der Waals surface area (Å²) in [6, 6.07) is 7.34. The first-order chi connectivity index (χ1) is 9.31. The summed E-state index contributed by atoms with van der Waals surface area (Å²) in [6.45, 7) is 4.85. The summed E-state index contributed by atoms with van der Waals surface area (Å²) in [6.07, 6.45) is 4.74. The Morgan fingerprint density at radius 3 is 2.75 bits per heavy atom. The van der Waals surface area contributed by atoms with Crippen LogP contribution >= 0.6 is 7.60 Å². The third-order valence-corrected chi connectivity index (χ3v) is 3.15. The highest BCUT2D eigenvalue weighted by Gasteiger charge is 2.10. The van der Waals surface area contributed by atoms with Gasteiger partial charge in [0.2, 0.25) is 0 Å². The molecule has 1 unspecified atom stereocenters. The van der Waals surface area contributed by atoms with Crippen molar-refractivity contribution in [3.05, 3.63) is 53.6 Å². The van der Waals surface area contributed by atoms with Crippen molar-refractivity contribution >= 4 is 19.0 Å². The van der Waals surface area contributed by atoms with Crippen LogP contribution in [0.15, 0.2) is 42.5 Å². The molecule has 108 valence electrons. The summed E-state index contributed by atoms with van der Waals surface area (Å²) >= 11 is 0. The third kappa shape index (κ3) is 6.11. The number of hydrogen-bond donors (Lipinski definition) is 1. The van der Waals surface area contributed by atoms with E-state index in [2.05, 4.69) is 0 Å². The van der Waals surface area contributed by atoms with E-state index in [1.165, 1.54) is 6.08 Å². The predicted octanol–water partition coefficient (Wildman–Crippen LogP) is 3.57. The monoisotopic (exact) mass is 294 g/mol. The van der Waals surface area contributed by atoms with Gasteiger partial charge in [-0.2, -0.15) is 0 Å². The second kappa shape index (κ2) is 7.34. The molecule has 0 aliphatic rings. The first-order valence-electron chi connectivity index (χ1n) is 6.21. The van der Waals surface area contributed by atoms with E-state index in [0.29, 0.717) is 0 Å². The van der Waals surface area contributed by atoms with Crippen LogP contribution in [0, 0.1) is 0 Å². The molecular weight excluding hydrogens is 275 g/mol. The molecular formula is C15H19O4P. The van der Waals surface area contributed by atoms with Crippen molar-refractivity contribution in [2.24, 2.45) is 0 Å². The van der Waals surface area contributed by atoms with Gasteiger partial charge in [-0.25, -0.2) is 0 Å². The predicted molar refractivity (Wildman–Crippen MR) is 80.5 cm³/mol. The smallest absolute Gasteiger partial charge is 0.324 e. The molecule has 0 aliphatic heterocycles. The highest BCUT2D eigenvalue weighted by atomic mass is 31.2. The molecule has 1 aromatic carbocycles. The van der Waals surface area contributed by atoms with E-state index in [1.54, 1.807) is 25.1 Å². The highest BCUT2D eigenvalue weighted by molar-refractivity contribution is 7.51. The van der Waals surface area contributed by atoms with Crippen molar-refractivity contribution in [2.45, 2.75) is 20.5 Å². The molecule has 0 fully saturated rings. The molecule has 1 N–H and O–H groups in total. The van der Waals surface area contributed by atoms with E-state index >= 15 is 0 Å². The van der Waals surface area contributed by atoms with Crippen LogP contribution in [0.25, 0.3) is 5.57 Å². The first kappa shape index (κ1) is 16.6. The van der Waals surface area contributed by atoms with Crippen LogP contribution in [0.1, 0.15) is 25.0 Å². The van der Waals surface area contributed by atoms with Crippen LogP contribution < -0.4 is 0 Å². The molecule has 0 amide bonds. The third-order valence-electron chi connectivity index (χ3n) is 2.54. The molecule has 1 rings (SSSR count). The van der Waals surface area contributed by atoms with Gasteiger partial charge < -0.3 is 9.42 Å². The average Bonchev–Trinajstić information content (AvgIpc) is 2.36. The Morgan fingerprint density at radius 1 is 1.45 bits per heavy atom. The van der Waals surface area contributed by atoms with Gasteiger partial charge in [-0.1, -0.05) is 24.3 Å². The number of carbonyl (C=O) groups excluding carboxylic acids is 1. The van der Waals surface area contributed by atoms with Crippen molar-refractivity contribution in [1.82, 2.24) is 0 Å². The molecule has 1 aromatic rings. The van der Waals surface area contributed by atoms with Gasteiger partial charge in [-0.3, -0.25) is 9.36 Å². The lowest BCUT2D eigenvalue weighted by Crippen LogP contribution is -1.93. The van der Waals surface area contributed by atoms with Crippen LogP contribution in [0.5, 0.6) is 0 Å². The summed E-state index contributed by atoms with van der Waals surface area (Å²) < 4.78 is 16.0. The van der Waals surface area contributed by atoms with E-state index in [0.717, 1.165) is 23.4 Å². The van der Waals surface area contributed by atoms with Crippen LogP contribution in [-0.2, 0) is 20.5 Å². The van der Waals surface area contributed by atoms with Gasteiger partial charge in [0.1, 0.15) is 0 Å². The van der Waals surface area contributed by atoms with E-state index in [4.69, 9.17) is 9.42 Å². The zero-order valence-corrected chi connectivity index (χ0v) is 12.8. The minimum absolute atomic E-state index is 0.0637. The van der Waals surface area contributed by atoms with E-state index < -0.39 is 7.60 Å². The minimum Gasteiger partial charge on any atom is -0.324 e. The second-order valence-corrected chi connectivity index (χ2v) is 6.37. The zero-order chi connectivity index (χ0) is 15.2. The van der Waals surface area contributed by atoms with Gasteiger partial charge in [0.15, 0.2) is 5.78 Å². The number of carbonyl (C=O) groups is 1. The van der Waals surface area contributed by atoms with Gasteiger partial charge >= 0.3 is 7.60 Å². The maximum Gasteiger partial charge on any atom is 0.325 e. The van der Waals surface area contributed by atoms with Crippen molar-refractivity contribution < 1.29 is 18.8 Å².